The molecule has 1 N–H and O–H groups in total. The maximum absolute atomic E-state index is 12.1. The highest BCUT2D eigenvalue weighted by Crippen LogP contribution is 2.06. The zero-order chi connectivity index (χ0) is 15.5. The molecule has 0 rings (SSSR count). The second-order valence-electron chi connectivity index (χ2n) is 5.15. The number of hydrogen-bond acceptors (Lipinski definition) is 4. The fourth-order valence-corrected chi connectivity index (χ4v) is 2.51. The Morgan fingerprint density at radius 2 is 1.70 bits per heavy atom. The van der Waals surface area contributed by atoms with Crippen molar-refractivity contribution in [2.45, 2.75) is 27.7 Å². The third-order valence-corrected chi connectivity index (χ3v) is 3.87. The fraction of sp³-hybridized carbons (Fsp3) is 0.857. The SMILES string of the molecule is CCN(CC)CCN(CC(C)C)C(=O)CSCC(=O)O. The van der Waals surface area contributed by atoms with Gasteiger partial charge < -0.3 is 14.9 Å². The van der Waals surface area contributed by atoms with Gasteiger partial charge in [0.15, 0.2) is 0 Å². The van der Waals surface area contributed by atoms with Crippen molar-refractivity contribution in [3.8, 4) is 0 Å². The summed E-state index contributed by atoms with van der Waals surface area (Å²) in [5.74, 6) is -0.187. The van der Waals surface area contributed by atoms with Crippen molar-refractivity contribution < 1.29 is 14.7 Å². The third-order valence-electron chi connectivity index (χ3n) is 2.97. The molecule has 0 radical (unpaired) electrons. The number of thioether (sulfide) groups is 1. The van der Waals surface area contributed by atoms with E-state index >= 15 is 0 Å². The molecule has 0 heterocycles. The third kappa shape index (κ3) is 9.20. The number of carbonyl (C=O) groups excluding carboxylic acids is 1. The van der Waals surface area contributed by atoms with Crippen molar-refractivity contribution in [2.24, 2.45) is 5.92 Å². The molecule has 0 atom stereocenters. The normalized spacial score (nSPS) is 11.1. The van der Waals surface area contributed by atoms with Crippen LogP contribution in [0.25, 0.3) is 0 Å². The van der Waals surface area contributed by atoms with E-state index in [-0.39, 0.29) is 17.4 Å². The van der Waals surface area contributed by atoms with E-state index in [0.717, 1.165) is 26.2 Å². The maximum Gasteiger partial charge on any atom is 0.313 e. The summed E-state index contributed by atoms with van der Waals surface area (Å²) < 4.78 is 0. The van der Waals surface area contributed by atoms with Crippen LogP contribution in [0.4, 0.5) is 0 Å². The first-order valence-corrected chi connectivity index (χ1v) is 8.35. The zero-order valence-electron chi connectivity index (χ0n) is 13.1. The van der Waals surface area contributed by atoms with E-state index in [9.17, 15) is 9.59 Å². The summed E-state index contributed by atoms with van der Waals surface area (Å²) in [7, 11) is 0. The van der Waals surface area contributed by atoms with Crippen LogP contribution in [0.15, 0.2) is 0 Å². The zero-order valence-corrected chi connectivity index (χ0v) is 13.9. The summed E-state index contributed by atoms with van der Waals surface area (Å²) in [5, 5.41) is 8.60. The first kappa shape index (κ1) is 19.2. The Bertz CT molecular complexity index is 294. The van der Waals surface area contributed by atoms with Crippen molar-refractivity contribution in [2.75, 3.05) is 44.2 Å². The number of carboxylic acid groups (broad SMARTS) is 1. The summed E-state index contributed by atoms with van der Waals surface area (Å²) in [6.45, 7) is 12.7. The van der Waals surface area contributed by atoms with E-state index in [1.54, 1.807) is 0 Å². The number of likely N-dealkylation sites (N-methyl/N-ethyl adjacent to an activating group) is 1. The molecule has 5 nitrogen and oxygen atoms in total. The molecule has 20 heavy (non-hydrogen) atoms. The summed E-state index contributed by atoms with van der Waals surface area (Å²) in [4.78, 5) is 26.8. The highest BCUT2D eigenvalue weighted by Gasteiger charge is 2.16. The average Bonchev–Trinajstić information content (AvgIpc) is 2.37. The van der Waals surface area contributed by atoms with Crippen LogP contribution in [-0.4, -0.2) is 71.0 Å². The minimum Gasteiger partial charge on any atom is -0.481 e. The predicted octanol–water partition coefficient (Wildman–Crippen LogP) is 1.63. The molecule has 0 spiro atoms. The number of hydrogen-bond donors (Lipinski definition) is 1. The Kier molecular flexibility index (Phi) is 10.6. The van der Waals surface area contributed by atoms with E-state index in [0.29, 0.717) is 12.5 Å². The minimum atomic E-state index is -0.874. The van der Waals surface area contributed by atoms with Gasteiger partial charge >= 0.3 is 5.97 Å². The second kappa shape index (κ2) is 11.0. The molecule has 0 aromatic rings. The van der Waals surface area contributed by atoms with Crippen molar-refractivity contribution in [3.63, 3.8) is 0 Å². The van der Waals surface area contributed by atoms with Gasteiger partial charge in [0.1, 0.15) is 0 Å². The van der Waals surface area contributed by atoms with Gasteiger partial charge in [-0.15, -0.1) is 11.8 Å². The Balaban J connectivity index is 4.31. The quantitative estimate of drug-likeness (QED) is 0.629. The van der Waals surface area contributed by atoms with Crippen LogP contribution >= 0.6 is 11.8 Å². The van der Waals surface area contributed by atoms with E-state index < -0.39 is 5.97 Å². The van der Waals surface area contributed by atoms with Crippen molar-refractivity contribution >= 4 is 23.6 Å². The van der Waals surface area contributed by atoms with Gasteiger partial charge in [-0.3, -0.25) is 9.59 Å². The van der Waals surface area contributed by atoms with Gasteiger partial charge in [0.25, 0.3) is 0 Å². The molecular weight excluding hydrogens is 276 g/mol. The lowest BCUT2D eigenvalue weighted by molar-refractivity contribution is -0.133. The molecule has 0 fully saturated rings. The Morgan fingerprint density at radius 1 is 1.10 bits per heavy atom. The largest absolute Gasteiger partial charge is 0.481 e. The molecule has 6 heteroatoms. The first-order chi connectivity index (χ1) is 9.40. The van der Waals surface area contributed by atoms with E-state index in [1.807, 2.05) is 4.90 Å². The molecule has 1 amide bonds. The van der Waals surface area contributed by atoms with Crippen LogP contribution in [0.1, 0.15) is 27.7 Å². The van der Waals surface area contributed by atoms with Gasteiger partial charge in [-0.2, -0.15) is 0 Å². The van der Waals surface area contributed by atoms with Crippen LogP contribution in [0.3, 0.4) is 0 Å². The first-order valence-electron chi connectivity index (χ1n) is 7.20. The van der Waals surface area contributed by atoms with Crippen molar-refractivity contribution in [3.05, 3.63) is 0 Å². The van der Waals surface area contributed by atoms with Gasteiger partial charge in [0.05, 0.1) is 11.5 Å². The van der Waals surface area contributed by atoms with Crippen LogP contribution < -0.4 is 0 Å². The summed E-state index contributed by atoms with van der Waals surface area (Å²) in [6, 6.07) is 0. The van der Waals surface area contributed by atoms with E-state index in [1.165, 1.54) is 11.8 Å². The molecule has 0 bridgehead atoms. The van der Waals surface area contributed by atoms with E-state index in [4.69, 9.17) is 5.11 Å². The minimum absolute atomic E-state index is 0.0166. The van der Waals surface area contributed by atoms with E-state index in [2.05, 4.69) is 32.6 Å². The second-order valence-corrected chi connectivity index (χ2v) is 6.13. The lowest BCUT2D eigenvalue weighted by Crippen LogP contribution is -2.41. The highest BCUT2D eigenvalue weighted by molar-refractivity contribution is 8.00. The van der Waals surface area contributed by atoms with Crippen LogP contribution in [-0.2, 0) is 9.59 Å². The van der Waals surface area contributed by atoms with Gasteiger partial charge in [-0.05, 0) is 19.0 Å². The number of amides is 1. The Morgan fingerprint density at radius 3 is 2.15 bits per heavy atom. The molecule has 0 unspecified atom stereocenters. The van der Waals surface area contributed by atoms with Gasteiger partial charge in [0.2, 0.25) is 5.91 Å². The smallest absolute Gasteiger partial charge is 0.313 e. The average molecular weight is 304 g/mol. The molecule has 0 aromatic heterocycles. The fourth-order valence-electron chi connectivity index (χ4n) is 1.88. The monoisotopic (exact) mass is 304 g/mol. The molecule has 0 aliphatic heterocycles. The topological polar surface area (TPSA) is 60.9 Å². The molecule has 0 aliphatic carbocycles. The molecule has 118 valence electrons. The highest BCUT2D eigenvalue weighted by atomic mass is 32.2. The van der Waals surface area contributed by atoms with Crippen LogP contribution in [0, 0.1) is 5.92 Å². The number of nitrogens with zero attached hydrogens (tertiary/aromatic N) is 2. The lowest BCUT2D eigenvalue weighted by atomic mass is 10.2. The van der Waals surface area contributed by atoms with Gasteiger partial charge in [0, 0.05) is 19.6 Å². The summed E-state index contributed by atoms with van der Waals surface area (Å²) in [6.07, 6.45) is 0. The van der Waals surface area contributed by atoms with Crippen LogP contribution in [0.5, 0.6) is 0 Å². The molecule has 0 aliphatic rings. The summed E-state index contributed by atoms with van der Waals surface area (Å²) >= 11 is 1.17. The van der Waals surface area contributed by atoms with Gasteiger partial charge in [-0.1, -0.05) is 27.7 Å². The number of carboxylic acids is 1. The van der Waals surface area contributed by atoms with Gasteiger partial charge in [-0.25, -0.2) is 0 Å². The predicted molar refractivity (Wildman–Crippen MR) is 84.2 cm³/mol. The number of aliphatic carboxylic acids is 1. The molecule has 0 saturated heterocycles. The van der Waals surface area contributed by atoms with Crippen molar-refractivity contribution in [1.82, 2.24) is 9.80 Å². The van der Waals surface area contributed by atoms with Crippen molar-refractivity contribution in [1.29, 1.82) is 0 Å². The number of carbonyl (C=O) groups is 2. The molecule has 0 saturated carbocycles. The standard InChI is InChI=1S/C14H28N2O3S/c1-5-15(6-2)7-8-16(9-12(3)4)13(17)10-20-11-14(18)19/h12H,5-11H2,1-4H3,(H,18,19). The maximum atomic E-state index is 12.1. The lowest BCUT2D eigenvalue weighted by Gasteiger charge is -2.27. The van der Waals surface area contributed by atoms with Crippen LogP contribution in [0.2, 0.25) is 0 Å². The molecular formula is C14H28N2O3S. The Labute approximate surface area is 126 Å². The Hall–Kier alpha value is -0.750. The summed E-state index contributed by atoms with van der Waals surface area (Å²) in [5.41, 5.74) is 0. The molecule has 0 aromatic carbocycles. The number of rotatable bonds is 11.